The second kappa shape index (κ2) is 7.64. The Morgan fingerprint density at radius 2 is 2.29 bits per heavy atom. The van der Waals surface area contributed by atoms with Gasteiger partial charge in [-0.05, 0) is 43.7 Å². The van der Waals surface area contributed by atoms with Crippen molar-refractivity contribution in [3.05, 3.63) is 58.9 Å². The fraction of sp³-hybridized carbons (Fsp3) is 0.333. The van der Waals surface area contributed by atoms with Crippen LogP contribution in [0.1, 0.15) is 24.0 Å². The van der Waals surface area contributed by atoms with Crippen LogP contribution in [-0.4, -0.2) is 33.5 Å². The monoisotopic (exact) mass is 346 g/mol. The van der Waals surface area contributed by atoms with Crippen molar-refractivity contribution in [2.75, 3.05) is 6.54 Å². The molecule has 0 bridgehead atoms. The summed E-state index contributed by atoms with van der Waals surface area (Å²) in [6, 6.07) is 8.84. The average molecular weight is 347 g/mol. The molecule has 1 saturated heterocycles. The number of carboxylic acid groups (broad SMARTS) is 1. The Balaban J connectivity index is 1.74. The highest BCUT2D eigenvalue weighted by Gasteiger charge is 2.30. The number of hydrogen-bond acceptors (Lipinski definition) is 4. The van der Waals surface area contributed by atoms with Crippen LogP contribution in [0.15, 0.2) is 42.7 Å². The van der Waals surface area contributed by atoms with Gasteiger partial charge in [0.25, 0.3) is 0 Å². The zero-order valence-corrected chi connectivity index (χ0v) is 13.9. The third kappa shape index (κ3) is 4.04. The van der Waals surface area contributed by atoms with E-state index in [4.69, 9.17) is 16.3 Å². The Bertz CT molecular complexity index is 709. The lowest BCUT2D eigenvalue weighted by Crippen LogP contribution is -2.35. The van der Waals surface area contributed by atoms with Crippen LogP contribution in [0.3, 0.4) is 0 Å². The standard InChI is InChI=1S/C18H19ClN2O3/c19-15-5-6-17(24-12-13-3-1-7-20-10-13)14(9-15)11-21-8-2-4-16(21)18(22)23/h1,3,5-7,9-10,16H,2,4,8,11-12H2,(H,22,23). The Hall–Kier alpha value is -2.11. The highest BCUT2D eigenvalue weighted by atomic mass is 35.5. The number of ether oxygens (including phenoxy) is 1. The molecule has 0 aliphatic carbocycles. The van der Waals surface area contributed by atoms with E-state index in [-0.39, 0.29) is 0 Å². The fourth-order valence-electron chi connectivity index (χ4n) is 2.97. The van der Waals surface area contributed by atoms with Crippen molar-refractivity contribution < 1.29 is 14.6 Å². The normalized spacial score (nSPS) is 17.8. The van der Waals surface area contributed by atoms with E-state index < -0.39 is 12.0 Å². The summed E-state index contributed by atoms with van der Waals surface area (Å²) in [7, 11) is 0. The molecule has 0 spiro atoms. The number of benzene rings is 1. The van der Waals surface area contributed by atoms with E-state index in [1.165, 1.54) is 0 Å². The summed E-state index contributed by atoms with van der Waals surface area (Å²) >= 11 is 6.12. The summed E-state index contributed by atoms with van der Waals surface area (Å²) < 4.78 is 5.91. The van der Waals surface area contributed by atoms with Gasteiger partial charge in [0.1, 0.15) is 18.4 Å². The number of carbonyl (C=O) groups is 1. The SMILES string of the molecule is O=C(O)C1CCCN1Cc1cc(Cl)ccc1OCc1cccnc1. The van der Waals surface area contributed by atoms with E-state index in [0.29, 0.717) is 24.6 Å². The Labute approximate surface area is 145 Å². The molecule has 3 rings (SSSR count). The largest absolute Gasteiger partial charge is 0.489 e. The number of rotatable bonds is 6. The van der Waals surface area contributed by atoms with Crippen LogP contribution in [0, 0.1) is 0 Å². The van der Waals surface area contributed by atoms with Gasteiger partial charge in [0.05, 0.1) is 0 Å². The molecule has 1 unspecified atom stereocenters. The maximum absolute atomic E-state index is 11.4. The average Bonchev–Trinajstić information content (AvgIpc) is 3.03. The Morgan fingerprint density at radius 1 is 1.42 bits per heavy atom. The van der Waals surface area contributed by atoms with E-state index >= 15 is 0 Å². The van der Waals surface area contributed by atoms with Crippen molar-refractivity contribution in [2.24, 2.45) is 0 Å². The van der Waals surface area contributed by atoms with Crippen molar-refractivity contribution in [3.8, 4) is 5.75 Å². The van der Waals surface area contributed by atoms with Crippen LogP contribution < -0.4 is 4.74 Å². The molecule has 1 aromatic carbocycles. The van der Waals surface area contributed by atoms with E-state index in [0.717, 1.165) is 29.8 Å². The van der Waals surface area contributed by atoms with Gasteiger partial charge in [-0.3, -0.25) is 14.7 Å². The van der Waals surface area contributed by atoms with E-state index in [1.54, 1.807) is 18.5 Å². The molecular weight excluding hydrogens is 328 g/mol. The molecule has 2 aromatic rings. The first-order chi connectivity index (χ1) is 11.6. The quantitative estimate of drug-likeness (QED) is 0.869. The molecule has 1 aromatic heterocycles. The topological polar surface area (TPSA) is 62.7 Å². The predicted octanol–water partition coefficient (Wildman–Crippen LogP) is 3.36. The molecule has 5 nitrogen and oxygen atoms in total. The molecule has 1 N–H and O–H groups in total. The van der Waals surface area contributed by atoms with Crippen LogP contribution in [0.5, 0.6) is 5.75 Å². The van der Waals surface area contributed by atoms with Gasteiger partial charge < -0.3 is 9.84 Å². The predicted molar refractivity (Wildman–Crippen MR) is 91.1 cm³/mol. The summed E-state index contributed by atoms with van der Waals surface area (Å²) in [6.07, 6.45) is 5.05. The second-order valence-electron chi connectivity index (χ2n) is 5.87. The fourth-order valence-corrected chi connectivity index (χ4v) is 3.17. The highest BCUT2D eigenvalue weighted by Crippen LogP contribution is 2.28. The smallest absolute Gasteiger partial charge is 0.320 e. The number of aliphatic carboxylic acids is 1. The third-order valence-corrected chi connectivity index (χ3v) is 4.40. The van der Waals surface area contributed by atoms with Crippen LogP contribution in [-0.2, 0) is 17.9 Å². The minimum absolute atomic E-state index is 0.408. The summed E-state index contributed by atoms with van der Waals surface area (Å²) in [5.41, 5.74) is 1.88. The van der Waals surface area contributed by atoms with Gasteiger partial charge in [-0.2, -0.15) is 0 Å². The third-order valence-electron chi connectivity index (χ3n) is 4.16. The maximum atomic E-state index is 11.4. The molecule has 1 aliphatic heterocycles. The van der Waals surface area contributed by atoms with Gasteiger partial charge in [-0.15, -0.1) is 0 Å². The number of nitrogens with zero attached hydrogens (tertiary/aromatic N) is 2. The first-order valence-corrected chi connectivity index (χ1v) is 8.28. The molecule has 1 atom stereocenters. The molecular formula is C18H19ClN2O3. The summed E-state index contributed by atoms with van der Waals surface area (Å²) in [5.74, 6) is -0.0494. The minimum Gasteiger partial charge on any atom is -0.489 e. The van der Waals surface area contributed by atoms with Crippen LogP contribution in [0.4, 0.5) is 0 Å². The summed E-state index contributed by atoms with van der Waals surface area (Å²) in [5, 5.41) is 9.95. The minimum atomic E-state index is -0.771. The van der Waals surface area contributed by atoms with Crippen molar-refractivity contribution in [1.29, 1.82) is 0 Å². The molecule has 1 aliphatic rings. The molecule has 24 heavy (non-hydrogen) atoms. The van der Waals surface area contributed by atoms with Gasteiger partial charge in [0.15, 0.2) is 0 Å². The van der Waals surface area contributed by atoms with Crippen molar-refractivity contribution in [1.82, 2.24) is 9.88 Å². The van der Waals surface area contributed by atoms with Crippen molar-refractivity contribution in [2.45, 2.75) is 32.0 Å². The van der Waals surface area contributed by atoms with Gasteiger partial charge in [-0.1, -0.05) is 17.7 Å². The number of pyridine rings is 1. The molecule has 1 fully saturated rings. The highest BCUT2D eigenvalue weighted by molar-refractivity contribution is 6.30. The zero-order chi connectivity index (χ0) is 16.9. The number of likely N-dealkylation sites (tertiary alicyclic amines) is 1. The second-order valence-corrected chi connectivity index (χ2v) is 6.31. The van der Waals surface area contributed by atoms with Crippen LogP contribution in [0.2, 0.25) is 5.02 Å². The van der Waals surface area contributed by atoms with Crippen molar-refractivity contribution in [3.63, 3.8) is 0 Å². The van der Waals surface area contributed by atoms with E-state index in [1.807, 2.05) is 29.2 Å². The molecule has 2 heterocycles. The molecule has 0 saturated carbocycles. The summed E-state index contributed by atoms with van der Waals surface area (Å²) in [6.45, 7) is 1.69. The molecule has 0 radical (unpaired) electrons. The lowest BCUT2D eigenvalue weighted by atomic mass is 10.1. The van der Waals surface area contributed by atoms with Gasteiger partial charge in [-0.25, -0.2) is 0 Å². The Kier molecular flexibility index (Phi) is 5.33. The van der Waals surface area contributed by atoms with Gasteiger partial charge in [0, 0.05) is 35.1 Å². The molecule has 6 heteroatoms. The summed E-state index contributed by atoms with van der Waals surface area (Å²) in [4.78, 5) is 17.4. The number of aromatic nitrogens is 1. The van der Waals surface area contributed by atoms with Crippen LogP contribution in [0.25, 0.3) is 0 Å². The lowest BCUT2D eigenvalue weighted by Gasteiger charge is -2.22. The first-order valence-electron chi connectivity index (χ1n) is 7.90. The van der Waals surface area contributed by atoms with Gasteiger partial charge >= 0.3 is 5.97 Å². The van der Waals surface area contributed by atoms with Gasteiger partial charge in [0.2, 0.25) is 0 Å². The zero-order valence-electron chi connectivity index (χ0n) is 13.2. The molecule has 0 amide bonds. The van der Waals surface area contributed by atoms with E-state index in [9.17, 15) is 9.90 Å². The number of hydrogen-bond donors (Lipinski definition) is 1. The van der Waals surface area contributed by atoms with E-state index in [2.05, 4.69) is 4.98 Å². The first kappa shape index (κ1) is 16.7. The van der Waals surface area contributed by atoms with Crippen LogP contribution >= 0.6 is 11.6 Å². The number of halogens is 1. The maximum Gasteiger partial charge on any atom is 0.320 e. The van der Waals surface area contributed by atoms with Crippen molar-refractivity contribution >= 4 is 17.6 Å². The lowest BCUT2D eigenvalue weighted by molar-refractivity contribution is -0.142. The Morgan fingerprint density at radius 3 is 3.04 bits per heavy atom. The number of carboxylic acids is 1. The molecule has 126 valence electrons.